The van der Waals surface area contributed by atoms with E-state index >= 15 is 0 Å². The number of nitrogen functional groups attached to an aromatic ring is 1. The summed E-state index contributed by atoms with van der Waals surface area (Å²) in [5.74, 6) is 0.993. The second-order valence-corrected chi connectivity index (χ2v) is 5.23. The third kappa shape index (κ3) is 7.20. The predicted octanol–water partition coefficient (Wildman–Crippen LogP) is 3.29. The number of hydrogen-bond acceptors (Lipinski definition) is 7. The summed E-state index contributed by atoms with van der Waals surface area (Å²) in [6.07, 6.45) is 0. The zero-order valence-corrected chi connectivity index (χ0v) is 14.4. The van der Waals surface area contributed by atoms with Gasteiger partial charge in [0.25, 0.3) is 5.69 Å². The smallest absolute Gasteiger partial charge is 0.273 e. The zero-order chi connectivity index (χ0) is 19.5. The van der Waals surface area contributed by atoms with Crippen LogP contribution < -0.4 is 15.2 Å². The fourth-order valence-corrected chi connectivity index (χ4v) is 2.01. The number of nitro benzene ring substituents is 1. The van der Waals surface area contributed by atoms with Crippen molar-refractivity contribution in [3.63, 3.8) is 0 Å². The number of rotatable bonds is 5. The highest BCUT2D eigenvalue weighted by Gasteiger charge is 2.08. The van der Waals surface area contributed by atoms with Gasteiger partial charge in [-0.25, -0.2) is 0 Å². The van der Waals surface area contributed by atoms with E-state index in [0.29, 0.717) is 17.2 Å². The molecule has 0 radical (unpaired) electrons. The Labute approximate surface area is 151 Å². The van der Waals surface area contributed by atoms with Gasteiger partial charge in [-0.1, -0.05) is 0 Å². The Morgan fingerprint density at radius 2 is 1.46 bits per heavy atom. The van der Waals surface area contributed by atoms with Crippen molar-refractivity contribution in [2.45, 2.75) is 13.8 Å². The molecule has 0 heterocycles. The van der Waals surface area contributed by atoms with Gasteiger partial charge in [-0.15, -0.1) is 0 Å². The van der Waals surface area contributed by atoms with Gasteiger partial charge < -0.3 is 15.2 Å². The maximum absolute atomic E-state index is 10.5. The van der Waals surface area contributed by atoms with Crippen LogP contribution in [0.15, 0.2) is 36.4 Å². The molecule has 0 bridgehead atoms. The van der Waals surface area contributed by atoms with E-state index < -0.39 is 4.92 Å². The molecule has 134 valence electrons. The Morgan fingerprint density at radius 1 is 0.962 bits per heavy atom. The molecule has 2 N–H and O–H groups in total. The molecule has 0 saturated carbocycles. The van der Waals surface area contributed by atoms with E-state index in [-0.39, 0.29) is 18.9 Å². The van der Waals surface area contributed by atoms with Gasteiger partial charge in [-0.3, -0.25) is 10.1 Å². The minimum Gasteiger partial charge on any atom is -0.479 e. The number of aryl methyl sites for hydroxylation is 2. The summed E-state index contributed by atoms with van der Waals surface area (Å²) in [5, 5.41) is 27.0. The Balaban J connectivity index is 0.000000263. The van der Waals surface area contributed by atoms with E-state index in [1.54, 1.807) is 25.1 Å². The van der Waals surface area contributed by atoms with Crippen molar-refractivity contribution in [2.24, 2.45) is 0 Å². The van der Waals surface area contributed by atoms with E-state index in [0.717, 1.165) is 11.1 Å². The van der Waals surface area contributed by atoms with Crippen LogP contribution in [0.4, 0.5) is 11.4 Å². The molecule has 0 atom stereocenters. The molecule has 0 amide bonds. The highest BCUT2D eigenvalue weighted by atomic mass is 16.6. The van der Waals surface area contributed by atoms with Gasteiger partial charge in [0.05, 0.1) is 11.0 Å². The van der Waals surface area contributed by atoms with Gasteiger partial charge >= 0.3 is 0 Å². The number of hydrogen-bond donors (Lipinski definition) is 1. The summed E-state index contributed by atoms with van der Waals surface area (Å²) in [6.45, 7) is 3.60. The first-order valence-corrected chi connectivity index (χ1v) is 7.48. The van der Waals surface area contributed by atoms with Gasteiger partial charge in [0, 0.05) is 17.8 Å². The van der Waals surface area contributed by atoms with E-state index in [4.69, 9.17) is 25.7 Å². The summed E-state index contributed by atoms with van der Waals surface area (Å²) in [4.78, 5) is 9.97. The Hall–Kier alpha value is -3.78. The molecule has 2 aromatic rings. The maximum atomic E-state index is 10.5. The first-order chi connectivity index (χ1) is 12.3. The fraction of sp³-hybridized carbons (Fsp3) is 0.222. The number of benzene rings is 2. The Bertz CT molecular complexity index is 833. The lowest BCUT2D eigenvalue weighted by molar-refractivity contribution is -0.385. The minimum absolute atomic E-state index is 0.0297. The number of nitrogens with zero attached hydrogens (tertiary/aromatic N) is 3. The van der Waals surface area contributed by atoms with Crippen LogP contribution in [0.2, 0.25) is 0 Å². The summed E-state index contributed by atoms with van der Waals surface area (Å²) >= 11 is 0. The number of non-ortho nitro benzene ring substituents is 1. The Morgan fingerprint density at radius 3 is 1.92 bits per heavy atom. The second-order valence-electron chi connectivity index (χ2n) is 5.23. The molecule has 0 saturated heterocycles. The van der Waals surface area contributed by atoms with Crippen molar-refractivity contribution >= 4 is 11.4 Å². The molecule has 0 fully saturated rings. The van der Waals surface area contributed by atoms with Gasteiger partial charge in [0.1, 0.15) is 23.6 Å². The van der Waals surface area contributed by atoms with Crippen LogP contribution in [-0.2, 0) is 0 Å². The first kappa shape index (κ1) is 20.3. The lowest BCUT2D eigenvalue weighted by Crippen LogP contribution is -1.95. The lowest BCUT2D eigenvalue weighted by Gasteiger charge is -2.03. The van der Waals surface area contributed by atoms with E-state index in [2.05, 4.69) is 0 Å². The SMILES string of the molecule is Cc1cc(N)cc(OCC#N)c1.Cc1cc(OCC#N)cc([N+](=O)[O-])c1. The third-order valence-corrected chi connectivity index (χ3v) is 2.93. The largest absolute Gasteiger partial charge is 0.479 e. The highest BCUT2D eigenvalue weighted by molar-refractivity contribution is 5.47. The normalized spacial score (nSPS) is 9.08. The van der Waals surface area contributed by atoms with Crippen LogP contribution in [0.3, 0.4) is 0 Å². The Kier molecular flexibility index (Phi) is 7.92. The van der Waals surface area contributed by atoms with Crippen LogP contribution in [0.5, 0.6) is 11.5 Å². The van der Waals surface area contributed by atoms with Crippen molar-refractivity contribution < 1.29 is 14.4 Å². The lowest BCUT2D eigenvalue weighted by atomic mass is 10.2. The quantitative estimate of drug-likeness (QED) is 0.494. The van der Waals surface area contributed by atoms with Crippen LogP contribution >= 0.6 is 0 Å². The van der Waals surface area contributed by atoms with Crippen LogP contribution in [0.25, 0.3) is 0 Å². The van der Waals surface area contributed by atoms with Crippen molar-refractivity contribution in [3.05, 3.63) is 57.6 Å². The molecule has 0 aliphatic rings. The molecular formula is C18H18N4O4. The van der Waals surface area contributed by atoms with Gasteiger partial charge in [-0.2, -0.15) is 10.5 Å². The first-order valence-electron chi connectivity index (χ1n) is 7.48. The van der Waals surface area contributed by atoms with Crippen LogP contribution in [-0.4, -0.2) is 18.1 Å². The number of nitro groups is 1. The molecule has 0 aliphatic carbocycles. The van der Waals surface area contributed by atoms with E-state index in [9.17, 15) is 10.1 Å². The molecule has 0 unspecified atom stereocenters. The topological polar surface area (TPSA) is 135 Å². The van der Waals surface area contributed by atoms with Crippen molar-refractivity contribution in [1.82, 2.24) is 0 Å². The molecule has 2 aromatic carbocycles. The van der Waals surface area contributed by atoms with Crippen molar-refractivity contribution in [1.29, 1.82) is 10.5 Å². The molecular weight excluding hydrogens is 336 g/mol. The summed E-state index contributed by atoms with van der Waals surface area (Å²) in [5.41, 5.74) is 7.95. The number of nitrogens with two attached hydrogens (primary N) is 1. The summed E-state index contributed by atoms with van der Waals surface area (Å²) in [6, 6.07) is 13.5. The molecule has 0 spiro atoms. The number of ether oxygens (including phenoxy) is 2. The zero-order valence-electron chi connectivity index (χ0n) is 14.4. The third-order valence-electron chi connectivity index (χ3n) is 2.93. The predicted molar refractivity (Wildman–Crippen MR) is 95.6 cm³/mol. The number of anilines is 1. The average molecular weight is 354 g/mol. The van der Waals surface area contributed by atoms with Crippen LogP contribution in [0.1, 0.15) is 11.1 Å². The van der Waals surface area contributed by atoms with Crippen molar-refractivity contribution in [3.8, 4) is 23.6 Å². The monoisotopic (exact) mass is 354 g/mol. The van der Waals surface area contributed by atoms with Crippen LogP contribution in [0, 0.1) is 46.6 Å². The highest BCUT2D eigenvalue weighted by Crippen LogP contribution is 2.22. The molecule has 26 heavy (non-hydrogen) atoms. The second kappa shape index (κ2) is 10.2. The van der Waals surface area contributed by atoms with Crippen molar-refractivity contribution in [2.75, 3.05) is 18.9 Å². The standard InChI is InChI=1S/C9H8N2O3.C9H10N2O/c1-7-4-8(11(12)13)6-9(5-7)14-3-2-10;1-7-4-8(11)6-9(5-7)12-3-2-10/h4-6H,3H2,1H3;4-6H,3,11H2,1H3. The van der Waals surface area contributed by atoms with Gasteiger partial charge in [0.15, 0.2) is 13.2 Å². The molecule has 8 nitrogen and oxygen atoms in total. The number of nitriles is 2. The molecule has 2 rings (SSSR count). The fourth-order valence-electron chi connectivity index (χ4n) is 2.01. The summed E-state index contributed by atoms with van der Waals surface area (Å²) in [7, 11) is 0. The van der Waals surface area contributed by atoms with E-state index in [1.165, 1.54) is 12.1 Å². The minimum atomic E-state index is -0.494. The summed E-state index contributed by atoms with van der Waals surface area (Å²) < 4.78 is 10.0. The molecule has 0 aromatic heterocycles. The van der Waals surface area contributed by atoms with Gasteiger partial charge in [-0.05, 0) is 43.2 Å². The molecule has 0 aliphatic heterocycles. The average Bonchev–Trinajstić information content (AvgIpc) is 2.57. The molecule has 8 heteroatoms. The van der Waals surface area contributed by atoms with Gasteiger partial charge in [0.2, 0.25) is 0 Å². The van der Waals surface area contributed by atoms with E-state index in [1.807, 2.05) is 25.1 Å². The maximum Gasteiger partial charge on any atom is 0.273 e.